The van der Waals surface area contributed by atoms with Crippen LogP contribution in [0.3, 0.4) is 0 Å². The van der Waals surface area contributed by atoms with E-state index in [4.69, 9.17) is 9.84 Å². The highest BCUT2D eigenvalue weighted by Crippen LogP contribution is 2.24. The topological polar surface area (TPSA) is 95.9 Å². The molecule has 1 amide bonds. The first-order chi connectivity index (χ1) is 11.1. The van der Waals surface area contributed by atoms with Gasteiger partial charge in [-0.2, -0.15) is 0 Å². The van der Waals surface area contributed by atoms with E-state index in [1.54, 1.807) is 0 Å². The summed E-state index contributed by atoms with van der Waals surface area (Å²) < 4.78 is 5.48. The van der Waals surface area contributed by atoms with Crippen molar-refractivity contribution in [2.75, 3.05) is 11.9 Å². The molecule has 120 valence electrons. The lowest BCUT2D eigenvalue weighted by Gasteiger charge is -2.09. The largest absolute Gasteiger partial charge is 0.506 e. The summed E-state index contributed by atoms with van der Waals surface area (Å²) in [6.07, 6.45) is 0.752. The Morgan fingerprint density at radius 2 is 1.83 bits per heavy atom. The zero-order chi connectivity index (χ0) is 16.7. The molecule has 0 aromatic heterocycles. The van der Waals surface area contributed by atoms with Crippen LogP contribution in [0, 0.1) is 0 Å². The molecule has 0 aliphatic heterocycles. The van der Waals surface area contributed by atoms with Crippen molar-refractivity contribution in [2.24, 2.45) is 0 Å². The predicted molar refractivity (Wildman–Crippen MR) is 84.9 cm³/mol. The van der Waals surface area contributed by atoms with Gasteiger partial charge in [-0.05, 0) is 36.8 Å². The molecule has 0 radical (unpaired) electrons. The van der Waals surface area contributed by atoms with E-state index in [1.807, 2.05) is 30.3 Å². The Bertz CT molecular complexity index is 685. The van der Waals surface area contributed by atoms with Gasteiger partial charge in [0.05, 0.1) is 17.9 Å². The zero-order valence-electron chi connectivity index (χ0n) is 12.4. The van der Waals surface area contributed by atoms with Gasteiger partial charge in [0.15, 0.2) is 0 Å². The van der Waals surface area contributed by atoms with E-state index in [9.17, 15) is 14.7 Å². The van der Waals surface area contributed by atoms with Crippen LogP contribution < -0.4 is 10.1 Å². The van der Waals surface area contributed by atoms with Gasteiger partial charge < -0.3 is 20.3 Å². The second-order valence-electron chi connectivity index (χ2n) is 4.85. The number of ether oxygens (including phenoxy) is 1. The molecule has 2 aromatic rings. The molecule has 0 aliphatic rings. The van der Waals surface area contributed by atoms with Crippen LogP contribution in [0.1, 0.15) is 23.2 Å². The van der Waals surface area contributed by atoms with E-state index < -0.39 is 5.97 Å². The van der Waals surface area contributed by atoms with Crippen molar-refractivity contribution >= 4 is 17.6 Å². The van der Waals surface area contributed by atoms with Gasteiger partial charge in [-0.1, -0.05) is 18.2 Å². The molecule has 2 aromatic carbocycles. The minimum atomic E-state index is -1.14. The molecule has 0 atom stereocenters. The molecule has 0 fully saturated rings. The summed E-state index contributed by atoms with van der Waals surface area (Å²) in [5, 5.41) is 21.1. The third-order valence-electron chi connectivity index (χ3n) is 3.08. The maximum Gasteiger partial charge on any atom is 0.335 e. The Morgan fingerprint density at radius 1 is 1.09 bits per heavy atom. The Morgan fingerprint density at radius 3 is 2.48 bits per heavy atom. The average molecular weight is 315 g/mol. The number of aromatic hydroxyl groups is 1. The van der Waals surface area contributed by atoms with Crippen LogP contribution in [0.5, 0.6) is 11.5 Å². The van der Waals surface area contributed by atoms with E-state index in [2.05, 4.69) is 5.32 Å². The molecule has 2 rings (SSSR count). The number of rotatable bonds is 7. The number of carbonyl (C=O) groups excluding carboxylic acids is 1. The van der Waals surface area contributed by atoms with Gasteiger partial charge in [0.1, 0.15) is 11.5 Å². The molecular formula is C17H17NO5. The van der Waals surface area contributed by atoms with Crippen LogP contribution in [0.15, 0.2) is 48.5 Å². The Kier molecular flexibility index (Phi) is 5.57. The molecule has 0 unspecified atom stereocenters. The number of carboxylic acids is 1. The summed E-state index contributed by atoms with van der Waals surface area (Å²) in [6.45, 7) is 0.404. The lowest BCUT2D eigenvalue weighted by molar-refractivity contribution is -0.116. The minimum absolute atomic E-state index is 0.0447. The molecule has 6 heteroatoms. The van der Waals surface area contributed by atoms with Gasteiger partial charge in [-0.25, -0.2) is 4.79 Å². The van der Waals surface area contributed by atoms with Crippen LogP contribution in [0.4, 0.5) is 5.69 Å². The summed E-state index contributed by atoms with van der Waals surface area (Å²) in [4.78, 5) is 22.6. The molecule has 0 saturated carbocycles. The lowest BCUT2D eigenvalue weighted by Crippen LogP contribution is -2.13. The molecule has 6 nitrogen and oxygen atoms in total. The van der Waals surface area contributed by atoms with Crippen molar-refractivity contribution in [3.05, 3.63) is 54.1 Å². The summed E-state index contributed by atoms with van der Waals surface area (Å²) in [6, 6.07) is 13.1. The van der Waals surface area contributed by atoms with Gasteiger partial charge in [0.2, 0.25) is 5.91 Å². The molecular weight excluding hydrogens is 298 g/mol. The number of phenolic OH excluding ortho intramolecular Hbond substituents is 1. The van der Waals surface area contributed by atoms with Gasteiger partial charge in [-0.15, -0.1) is 0 Å². The molecule has 0 saturated heterocycles. The zero-order valence-corrected chi connectivity index (χ0v) is 12.4. The van der Waals surface area contributed by atoms with Crippen LogP contribution in [-0.2, 0) is 4.79 Å². The minimum Gasteiger partial charge on any atom is -0.506 e. The van der Waals surface area contributed by atoms with Gasteiger partial charge in [-0.3, -0.25) is 4.79 Å². The third-order valence-corrected chi connectivity index (χ3v) is 3.08. The second-order valence-corrected chi connectivity index (χ2v) is 4.85. The smallest absolute Gasteiger partial charge is 0.335 e. The average Bonchev–Trinajstić information content (AvgIpc) is 2.54. The third kappa shape index (κ3) is 5.03. The van der Waals surface area contributed by atoms with Crippen LogP contribution in [0.2, 0.25) is 0 Å². The molecule has 0 heterocycles. The Labute approximate surface area is 133 Å². The van der Waals surface area contributed by atoms with Crippen LogP contribution in [0.25, 0.3) is 0 Å². The Hall–Kier alpha value is -3.02. The molecule has 23 heavy (non-hydrogen) atoms. The lowest BCUT2D eigenvalue weighted by atomic mass is 10.2. The van der Waals surface area contributed by atoms with E-state index in [-0.39, 0.29) is 29.3 Å². The van der Waals surface area contributed by atoms with Gasteiger partial charge >= 0.3 is 5.97 Å². The summed E-state index contributed by atoms with van der Waals surface area (Å²) in [7, 11) is 0. The maximum absolute atomic E-state index is 11.8. The number of anilines is 1. The highest BCUT2D eigenvalue weighted by molar-refractivity contribution is 5.94. The fourth-order valence-corrected chi connectivity index (χ4v) is 1.92. The van der Waals surface area contributed by atoms with Gasteiger partial charge in [0.25, 0.3) is 0 Å². The SMILES string of the molecule is O=C(CCCOc1ccccc1)Nc1ccc(C(=O)O)cc1O. The van der Waals surface area contributed by atoms with Crippen molar-refractivity contribution in [1.29, 1.82) is 0 Å². The van der Waals surface area contributed by atoms with Crippen LogP contribution >= 0.6 is 0 Å². The molecule has 0 aliphatic carbocycles. The summed E-state index contributed by atoms with van der Waals surface area (Å²) in [5.41, 5.74) is 0.140. The predicted octanol–water partition coefficient (Wildman–Crippen LogP) is 2.89. The van der Waals surface area contributed by atoms with E-state index in [0.29, 0.717) is 13.0 Å². The number of hydrogen-bond donors (Lipinski definition) is 3. The summed E-state index contributed by atoms with van der Waals surface area (Å²) in [5.74, 6) is -0.954. The van der Waals surface area contributed by atoms with Crippen molar-refractivity contribution < 1.29 is 24.5 Å². The standard InChI is InChI=1S/C17H17NO5/c19-15-11-12(17(21)22)8-9-14(15)18-16(20)7-4-10-23-13-5-2-1-3-6-13/h1-3,5-6,8-9,11,19H,4,7,10H2,(H,18,20)(H,21,22). The number of benzene rings is 2. The fraction of sp³-hybridized carbons (Fsp3) is 0.176. The first kappa shape index (κ1) is 16.4. The first-order valence-electron chi connectivity index (χ1n) is 7.10. The van der Waals surface area contributed by atoms with E-state index >= 15 is 0 Å². The van der Waals surface area contributed by atoms with Crippen molar-refractivity contribution in [3.63, 3.8) is 0 Å². The number of hydrogen-bond acceptors (Lipinski definition) is 4. The highest BCUT2D eigenvalue weighted by Gasteiger charge is 2.10. The molecule has 0 spiro atoms. The number of carbonyl (C=O) groups is 2. The number of nitrogens with one attached hydrogen (secondary N) is 1. The molecule has 0 bridgehead atoms. The fourth-order valence-electron chi connectivity index (χ4n) is 1.92. The Balaban J connectivity index is 1.77. The monoisotopic (exact) mass is 315 g/mol. The first-order valence-corrected chi connectivity index (χ1v) is 7.10. The van der Waals surface area contributed by atoms with E-state index in [1.165, 1.54) is 12.1 Å². The number of carboxylic acid groups (broad SMARTS) is 1. The van der Waals surface area contributed by atoms with Gasteiger partial charge in [0, 0.05) is 6.42 Å². The molecule has 3 N–H and O–H groups in total. The quantitative estimate of drug-likeness (QED) is 0.539. The normalized spacial score (nSPS) is 10.1. The number of aromatic carboxylic acids is 1. The number of amides is 1. The summed E-state index contributed by atoms with van der Waals surface area (Å²) >= 11 is 0. The van der Waals surface area contributed by atoms with Crippen molar-refractivity contribution in [3.8, 4) is 11.5 Å². The van der Waals surface area contributed by atoms with Crippen LogP contribution in [-0.4, -0.2) is 28.7 Å². The highest BCUT2D eigenvalue weighted by atomic mass is 16.5. The van der Waals surface area contributed by atoms with E-state index in [0.717, 1.165) is 11.8 Å². The maximum atomic E-state index is 11.8. The number of para-hydroxylation sites is 1. The number of phenols is 1. The van der Waals surface area contributed by atoms with Crippen molar-refractivity contribution in [2.45, 2.75) is 12.8 Å². The van der Waals surface area contributed by atoms with Crippen molar-refractivity contribution in [1.82, 2.24) is 0 Å². The second kappa shape index (κ2) is 7.84.